The second kappa shape index (κ2) is 8.44. The van der Waals surface area contributed by atoms with Crippen LogP contribution in [-0.2, 0) is 6.54 Å². The summed E-state index contributed by atoms with van der Waals surface area (Å²) in [6.45, 7) is 4.47. The third kappa shape index (κ3) is 4.04. The molecule has 146 valence electrons. The maximum atomic E-state index is 9.12. The number of benzene rings is 1. The summed E-state index contributed by atoms with van der Waals surface area (Å²) in [5, 5.41) is 9.12. The molecule has 2 aliphatic heterocycles. The maximum Gasteiger partial charge on any atom is 0.139 e. The molecule has 0 amide bonds. The number of anilines is 1. The number of fused-ring (bicyclic) bond motifs is 1. The van der Waals surface area contributed by atoms with Crippen molar-refractivity contribution in [2.75, 3.05) is 38.2 Å². The van der Waals surface area contributed by atoms with Crippen LogP contribution in [0.1, 0.15) is 32.1 Å². The van der Waals surface area contributed by atoms with Gasteiger partial charge in [-0.15, -0.1) is 0 Å². The molecule has 2 saturated heterocycles. The highest BCUT2D eigenvalue weighted by Crippen LogP contribution is 2.33. The van der Waals surface area contributed by atoms with Crippen molar-refractivity contribution in [3.05, 3.63) is 36.7 Å². The van der Waals surface area contributed by atoms with E-state index in [1.807, 2.05) is 13.2 Å². The van der Waals surface area contributed by atoms with Gasteiger partial charge in [0.2, 0.25) is 0 Å². The number of rotatable bonds is 6. The molecule has 27 heavy (non-hydrogen) atoms. The van der Waals surface area contributed by atoms with Gasteiger partial charge in [-0.1, -0.05) is 6.42 Å². The van der Waals surface area contributed by atoms with Crippen LogP contribution in [0.25, 0.3) is 11.4 Å². The summed E-state index contributed by atoms with van der Waals surface area (Å²) >= 11 is 0. The molecule has 0 bridgehead atoms. The van der Waals surface area contributed by atoms with Gasteiger partial charge in [-0.25, -0.2) is 4.98 Å². The Bertz CT molecular complexity index is 724. The van der Waals surface area contributed by atoms with Crippen LogP contribution in [0.5, 0.6) is 0 Å². The molecule has 0 radical (unpaired) electrons. The molecule has 3 heterocycles. The van der Waals surface area contributed by atoms with Crippen LogP contribution in [0, 0.1) is 5.92 Å². The van der Waals surface area contributed by atoms with E-state index in [0.29, 0.717) is 6.54 Å². The number of hydrogen-bond donors (Lipinski definition) is 1. The number of imidazole rings is 1. The number of piperidine rings is 2. The normalized spacial score (nSPS) is 23.2. The van der Waals surface area contributed by atoms with Gasteiger partial charge in [0, 0.05) is 49.8 Å². The van der Waals surface area contributed by atoms with Crippen molar-refractivity contribution >= 4 is 5.69 Å². The van der Waals surface area contributed by atoms with E-state index in [1.165, 1.54) is 45.2 Å². The molecule has 2 atom stereocenters. The molecule has 0 saturated carbocycles. The van der Waals surface area contributed by atoms with E-state index in [1.54, 1.807) is 0 Å². The quantitative estimate of drug-likeness (QED) is 0.850. The summed E-state index contributed by atoms with van der Waals surface area (Å²) in [6, 6.07) is 9.30. The molecule has 2 fully saturated rings. The van der Waals surface area contributed by atoms with Gasteiger partial charge in [-0.2, -0.15) is 0 Å². The van der Waals surface area contributed by atoms with Crippen molar-refractivity contribution in [2.24, 2.45) is 5.92 Å². The fraction of sp³-hybridized carbons (Fsp3) is 0.591. The molecule has 4 rings (SSSR count). The monoisotopic (exact) mass is 368 g/mol. The lowest BCUT2D eigenvalue weighted by molar-refractivity contribution is 0.0521. The lowest BCUT2D eigenvalue weighted by atomic mass is 9.83. The van der Waals surface area contributed by atoms with Gasteiger partial charge >= 0.3 is 0 Å². The van der Waals surface area contributed by atoms with Gasteiger partial charge in [0.25, 0.3) is 0 Å². The summed E-state index contributed by atoms with van der Waals surface area (Å²) in [6.07, 6.45) is 10.9. The molecule has 0 aliphatic carbocycles. The lowest BCUT2D eigenvalue weighted by Crippen LogP contribution is -2.49. The number of aliphatic hydroxyl groups excluding tert-OH is 1. The Hall–Kier alpha value is -1.85. The van der Waals surface area contributed by atoms with Crippen LogP contribution in [-0.4, -0.2) is 58.9 Å². The highest BCUT2D eigenvalue weighted by molar-refractivity contribution is 5.60. The zero-order valence-corrected chi connectivity index (χ0v) is 16.4. The number of aromatic nitrogens is 2. The van der Waals surface area contributed by atoms with Gasteiger partial charge in [-0.3, -0.25) is 0 Å². The number of hydrogen-bond acceptors (Lipinski definition) is 4. The lowest BCUT2D eigenvalue weighted by Gasteiger charge is -2.44. The van der Waals surface area contributed by atoms with Crippen molar-refractivity contribution in [2.45, 2.75) is 44.7 Å². The molecular weight excluding hydrogens is 336 g/mol. The first-order chi connectivity index (χ1) is 13.3. The van der Waals surface area contributed by atoms with Crippen LogP contribution in [0.15, 0.2) is 36.7 Å². The van der Waals surface area contributed by atoms with Crippen LogP contribution in [0.2, 0.25) is 0 Å². The summed E-state index contributed by atoms with van der Waals surface area (Å²) in [5.41, 5.74) is 2.29. The van der Waals surface area contributed by atoms with Crippen molar-refractivity contribution in [1.29, 1.82) is 0 Å². The zero-order chi connectivity index (χ0) is 18.6. The third-order valence-corrected chi connectivity index (χ3v) is 6.38. The van der Waals surface area contributed by atoms with Crippen molar-refractivity contribution in [1.82, 2.24) is 14.5 Å². The van der Waals surface area contributed by atoms with E-state index in [-0.39, 0.29) is 6.61 Å². The Kier molecular flexibility index (Phi) is 5.79. The van der Waals surface area contributed by atoms with E-state index in [0.717, 1.165) is 35.6 Å². The van der Waals surface area contributed by atoms with Crippen LogP contribution >= 0.6 is 0 Å². The summed E-state index contributed by atoms with van der Waals surface area (Å²) in [4.78, 5) is 9.46. The second-order valence-electron chi connectivity index (χ2n) is 8.10. The second-order valence-corrected chi connectivity index (χ2v) is 8.10. The predicted octanol–water partition coefficient (Wildman–Crippen LogP) is 3.24. The average molecular weight is 369 g/mol. The Morgan fingerprint density at radius 2 is 1.93 bits per heavy atom. The van der Waals surface area contributed by atoms with E-state index >= 15 is 0 Å². The number of aliphatic hydroxyl groups is 1. The zero-order valence-electron chi connectivity index (χ0n) is 16.4. The van der Waals surface area contributed by atoms with E-state index in [9.17, 15) is 0 Å². The van der Waals surface area contributed by atoms with Crippen LogP contribution in [0.4, 0.5) is 5.69 Å². The molecule has 5 nitrogen and oxygen atoms in total. The minimum atomic E-state index is 0.169. The molecule has 2 aromatic rings. The topological polar surface area (TPSA) is 44.5 Å². The summed E-state index contributed by atoms with van der Waals surface area (Å²) < 4.78 is 2.36. The molecule has 5 heteroatoms. The minimum Gasteiger partial charge on any atom is -0.395 e. The Morgan fingerprint density at radius 1 is 1.11 bits per heavy atom. The van der Waals surface area contributed by atoms with Gasteiger partial charge in [0.15, 0.2) is 0 Å². The first kappa shape index (κ1) is 18.5. The Balaban J connectivity index is 1.49. The summed E-state index contributed by atoms with van der Waals surface area (Å²) in [7, 11) is 2.01. The number of likely N-dealkylation sites (N-methyl/N-ethyl adjacent to an activating group) is 1. The van der Waals surface area contributed by atoms with Crippen LogP contribution < -0.4 is 4.90 Å². The van der Waals surface area contributed by atoms with E-state index in [4.69, 9.17) is 5.11 Å². The SMILES string of the molecule is CN(CCO)c1ccc(-c2nccn2C[C@@H]2CCCN3CCCC[C@H]23)cc1. The molecular formula is C22H32N4O. The first-order valence-corrected chi connectivity index (χ1v) is 10.4. The molecule has 1 N–H and O–H groups in total. The molecule has 0 spiro atoms. The van der Waals surface area contributed by atoms with Gasteiger partial charge < -0.3 is 19.5 Å². The molecule has 2 aliphatic rings. The molecule has 1 aromatic heterocycles. The fourth-order valence-electron chi connectivity index (χ4n) is 4.90. The smallest absolute Gasteiger partial charge is 0.139 e. The van der Waals surface area contributed by atoms with E-state index in [2.05, 4.69) is 49.8 Å². The molecule has 1 aromatic carbocycles. The standard InChI is InChI=1S/C22H32N4O/c1-24(15-16-27)20-9-7-18(8-10-20)22-23-11-14-26(22)17-19-5-4-13-25-12-3-2-6-21(19)25/h7-11,14,19,21,27H,2-6,12-13,15-17H2,1H3/t19-,21+/m0/s1. The molecule has 0 unspecified atom stereocenters. The van der Waals surface area contributed by atoms with Crippen molar-refractivity contribution in [3.63, 3.8) is 0 Å². The number of nitrogens with zero attached hydrogens (tertiary/aromatic N) is 4. The van der Waals surface area contributed by atoms with Gasteiger partial charge in [0.05, 0.1) is 6.61 Å². The summed E-state index contributed by atoms with van der Waals surface area (Å²) in [5.74, 6) is 1.81. The maximum absolute atomic E-state index is 9.12. The minimum absolute atomic E-state index is 0.169. The average Bonchev–Trinajstić information content (AvgIpc) is 3.17. The fourth-order valence-corrected chi connectivity index (χ4v) is 4.90. The highest BCUT2D eigenvalue weighted by atomic mass is 16.3. The van der Waals surface area contributed by atoms with Crippen molar-refractivity contribution < 1.29 is 5.11 Å². The first-order valence-electron chi connectivity index (χ1n) is 10.4. The highest BCUT2D eigenvalue weighted by Gasteiger charge is 2.33. The Labute approximate surface area is 162 Å². The largest absolute Gasteiger partial charge is 0.395 e. The van der Waals surface area contributed by atoms with Gasteiger partial charge in [-0.05, 0) is 69.0 Å². The van der Waals surface area contributed by atoms with Crippen LogP contribution in [0.3, 0.4) is 0 Å². The van der Waals surface area contributed by atoms with Crippen molar-refractivity contribution in [3.8, 4) is 11.4 Å². The van der Waals surface area contributed by atoms with Gasteiger partial charge in [0.1, 0.15) is 5.82 Å². The third-order valence-electron chi connectivity index (χ3n) is 6.38. The predicted molar refractivity (Wildman–Crippen MR) is 110 cm³/mol. The Morgan fingerprint density at radius 3 is 2.74 bits per heavy atom. The van der Waals surface area contributed by atoms with E-state index < -0.39 is 0 Å².